The first-order chi connectivity index (χ1) is 12.2. The van der Waals surface area contributed by atoms with Crippen molar-refractivity contribution >= 4 is 11.7 Å². The standard InChI is InChI=1S/C22H29NO2/c1-2-3-4-5-6-10-17-21(22(24)25)23-20-16-12-11-15-19(20)18-13-8-7-9-14-18/h7-9,11-16,21,23H,2-6,10,17H2,1H3,(H,24,25). The maximum atomic E-state index is 11.7. The van der Waals surface area contributed by atoms with Gasteiger partial charge in [-0.05, 0) is 18.1 Å². The second-order valence-corrected chi connectivity index (χ2v) is 6.50. The summed E-state index contributed by atoms with van der Waals surface area (Å²) in [4.78, 5) is 11.7. The summed E-state index contributed by atoms with van der Waals surface area (Å²) < 4.78 is 0. The van der Waals surface area contributed by atoms with Crippen LogP contribution in [0.3, 0.4) is 0 Å². The Hall–Kier alpha value is -2.29. The van der Waals surface area contributed by atoms with E-state index in [0.29, 0.717) is 6.42 Å². The van der Waals surface area contributed by atoms with Crippen LogP contribution in [0, 0.1) is 0 Å². The molecule has 134 valence electrons. The van der Waals surface area contributed by atoms with Crippen molar-refractivity contribution in [3.05, 3.63) is 54.6 Å². The van der Waals surface area contributed by atoms with Gasteiger partial charge in [-0.25, -0.2) is 4.79 Å². The molecule has 0 aromatic heterocycles. The number of aliphatic carboxylic acids is 1. The van der Waals surface area contributed by atoms with E-state index in [2.05, 4.69) is 12.2 Å². The summed E-state index contributed by atoms with van der Waals surface area (Å²) in [6.45, 7) is 2.20. The fourth-order valence-electron chi connectivity index (χ4n) is 3.05. The van der Waals surface area contributed by atoms with Crippen LogP contribution < -0.4 is 5.32 Å². The van der Waals surface area contributed by atoms with E-state index in [1.807, 2.05) is 54.6 Å². The topological polar surface area (TPSA) is 49.3 Å². The Morgan fingerprint density at radius 1 is 0.920 bits per heavy atom. The number of hydrogen-bond donors (Lipinski definition) is 2. The van der Waals surface area contributed by atoms with Gasteiger partial charge in [0.05, 0.1) is 0 Å². The van der Waals surface area contributed by atoms with E-state index in [0.717, 1.165) is 29.7 Å². The van der Waals surface area contributed by atoms with Crippen LogP contribution in [0.5, 0.6) is 0 Å². The summed E-state index contributed by atoms with van der Waals surface area (Å²) in [7, 11) is 0. The van der Waals surface area contributed by atoms with Crippen LogP contribution >= 0.6 is 0 Å². The largest absolute Gasteiger partial charge is 0.480 e. The van der Waals surface area contributed by atoms with Crippen molar-refractivity contribution in [1.29, 1.82) is 0 Å². The molecule has 0 bridgehead atoms. The average molecular weight is 339 g/mol. The molecule has 0 amide bonds. The third-order valence-electron chi connectivity index (χ3n) is 4.49. The average Bonchev–Trinajstić information content (AvgIpc) is 2.64. The quantitative estimate of drug-likeness (QED) is 0.496. The molecule has 0 radical (unpaired) electrons. The maximum absolute atomic E-state index is 11.7. The molecule has 0 fully saturated rings. The molecular weight excluding hydrogens is 310 g/mol. The summed E-state index contributed by atoms with van der Waals surface area (Å²) in [6, 6.07) is 17.4. The van der Waals surface area contributed by atoms with Crippen molar-refractivity contribution < 1.29 is 9.90 Å². The summed E-state index contributed by atoms with van der Waals surface area (Å²) in [5, 5.41) is 12.8. The summed E-state index contributed by atoms with van der Waals surface area (Å²) in [5.74, 6) is -0.781. The molecule has 0 aliphatic carbocycles. The summed E-state index contributed by atoms with van der Waals surface area (Å²) >= 11 is 0. The van der Waals surface area contributed by atoms with Crippen molar-refractivity contribution in [2.24, 2.45) is 0 Å². The van der Waals surface area contributed by atoms with Crippen LogP contribution in [0.25, 0.3) is 11.1 Å². The highest BCUT2D eigenvalue weighted by atomic mass is 16.4. The van der Waals surface area contributed by atoms with E-state index in [9.17, 15) is 9.90 Å². The van der Waals surface area contributed by atoms with Crippen molar-refractivity contribution in [3.8, 4) is 11.1 Å². The van der Waals surface area contributed by atoms with Gasteiger partial charge in [0.15, 0.2) is 0 Å². The molecule has 0 aliphatic heterocycles. The Labute approximate surface area is 151 Å². The van der Waals surface area contributed by atoms with E-state index >= 15 is 0 Å². The first-order valence-electron chi connectivity index (χ1n) is 9.36. The lowest BCUT2D eigenvalue weighted by molar-refractivity contribution is -0.138. The Balaban J connectivity index is 1.99. The first-order valence-corrected chi connectivity index (χ1v) is 9.36. The van der Waals surface area contributed by atoms with Crippen molar-refractivity contribution in [2.75, 3.05) is 5.32 Å². The van der Waals surface area contributed by atoms with Gasteiger partial charge in [-0.1, -0.05) is 94.0 Å². The van der Waals surface area contributed by atoms with E-state index in [1.165, 1.54) is 25.7 Å². The monoisotopic (exact) mass is 339 g/mol. The van der Waals surface area contributed by atoms with E-state index < -0.39 is 12.0 Å². The molecule has 2 aromatic carbocycles. The number of carbonyl (C=O) groups is 1. The lowest BCUT2D eigenvalue weighted by Crippen LogP contribution is -2.29. The van der Waals surface area contributed by atoms with Gasteiger partial charge in [0.1, 0.15) is 6.04 Å². The minimum atomic E-state index is -0.781. The maximum Gasteiger partial charge on any atom is 0.326 e. The van der Waals surface area contributed by atoms with Crippen molar-refractivity contribution in [2.45, 2.75) is 57.9 Å². The van der Waals surface area contributed by atoms with Crippen LogP contribution in [-0.4, -0.2) is 17.1 Å². The Bertz CT molecular complexity index is 639. The number of nitrogens with one attached hydrogen (secondary N) is 1. The lowest BCUT2D eigenvalue weighted by Gasteiger charge is -2.18. The summed E-state index contributed by atoms with van der Waals surface area (Å²) in [5.41, 5.74) is 3.01. The number of benzene rings is 2. The fourth-order valence-corrected chi connectivity index (χ4v) is 3.05. The van der Waals surface area contributed by atoms with Gasteiger partial charge in [-0.15, -0.1) is 0 Å². The van der Waals surface area contributed by atoms with Gasteiger partial charge in [-0.2, -0.15) is 0 Å². The molecular formula is C22H29NO2. The second-order valence-electron chi connectivity index (χ2n) is 6.50. The molecule has 1 atom stereocenters. The fraction of sp³-hybridized carbons (Fsp3) is 0.409. The molecule has 25 heavy (non-hydrogen) atoms. The molecule has 0 spiro atoms. The zero-order valence-corrected chi connectivity index (χ0v) is 15.1. The second kappa shape index (κ2) is 10.5. The number of carboxylic acids is 1. The SMILES string of the molecule is CCCCCCCCC(Nc1ccccc1-c1ccccc1)C(=O)O. The zero-order chi connectivity index (χ0) is 17.9. The van der Waals surface area contributed by atoms with Crippen LogP contribution in [-0.2, 0) is 4.79 Å². The van der Waals surface area contributed by atoms with E-state index in [-0.39, 0.29) is 0 Å². The third-order valence-corrected chi connectivity index (χ3v) is 4.49. The molecule has 2 aromatic rings. The number of anilines is 1. The van der Waals surface area contributed by atoms with Gasteiger partial charge in [0.2, 0.25) is 0 Å². The normalized spacial score (nSPS) is 11.9. The molecule has 0 saturated heterocycles. The smallest absolute Gasteiger partial charge is 0.326 e. The minimum Gasteiger partial charge on any atom is -0.480 e. The van der Waals surface area contributed by atoms with Gasteiger partial charge >= 0.3 is 5.97 Å². The minimum absolute atomic E-state index is 0.545. The predicted octanol–water partition coefficient (Wildman–Crippen LogP) is 5.97. The predicted molar refractivity (Wildman–Crippen MR) is 105 cm³/mol. The number of rotatable bonds is 11. The molecule has 2 N–H and O–H groups in total. The summed E-state index contributed by atoms with van der Waals surface area (Å²) in [6.07, 6.45) is 7.65. The van der Waals surface area contributed by atoms with E-state index in [4.69, 9.17) is 0 Å². The van der Waals surface area contributed by atoms with Crippen molar-refractivity contribution in [1.82, 2.24) is 0 Å². The lowest BCUT2D eigenvalue weighted by atomic mass is 10.0. The highest BCUT2D eigenvalue weighted by Crippen LogP contribution is 2.28. The number of carboxylic acid groups (broad SMARTS) is 1. The van der Waals surface area contributed by atoms with E-state index in [1.54, 1.807) is 0 Å². The molecule has 3 nitrogen and oxygen atoms in total. The van der Waals surface area contributed by atoms with Crippen molar-refractivity contribution in [3.63, 3.8) is 0 Å². The number of unbranched alkanes of at least 4 members (excludes halogenated alkanes) is 5. The Kier molecular flexibility index (Phi) is 8.03. The first kappa shape index (κ1) is 19.0. The van der Waals surface area contributed by atoms with Crippen LogP contribution in [0.1, 0.15) is 51.9 Å². The highest BCUT2D eigenvalue weighted by Gasteiger charge is 2.18. The number of para-hydroxylation sites is 1. The molecule has 1 unspecified atom stereocenters. The Morgan fingerprint density at radius 3 is 2.28 bits per heavy atom. The number of hydrogen-bond acceptors (Lipinski definition) is 2. The Morgan fingerprint density at radius 2 is 1.56 bits per heavy atom. The zero-order valence-electron chi connectivity index (χ0n) is 15.1. The van der Waals surface area contributed by atoms with Crippen LogP contribution in [0.4, 0.5) is 5.69 Å². The molecule has 0 saturated carbocycles. The molecule has 0 heterocycles. The highest BCUT2D eigenvalue weighted by molar-refractivity contribution is 5.83. The van der Waals surface area contributed by atoms with Gasteiger partial charge in [-0.3, -0.25) is 0 Å². The molecule has 0 aliphatic rings. The molecule has 3 heteroatoms. The van der Waals surface area contributed by atoms with Crippen LogP contribution in [0.2, 0.25) is 0 Å². The van der Waals surface area contributed by atoms with Crippen LogP contribution in [0.15, 0.2) is 54.6 Å². The van der Waals surface area contributed by atoms with Gasteiger partial charge in [0.25, 0.3) is 0 Å². The third kappa shape index (κ3) is 6.26. The van der Waals surface area contributed by atoms with Gasteiger partial charge < -0.3 is 10.4 Å². The molecule has 2 rings (SSSR count). The van der Waals surface area contributed by atoms with Gasteiger partial charge in [0, 0.05) is 11.3 Å².